The van der Waals surface area contributed by atoms with Gasteiger partial charge in [-0.15, -0.1) is 0 Å². The topological polar surface area (TPSA) is 35.2 Å². The molecule has 0 spiro atoms. The van der Waals surface area contributed by atoms with Gasteiger partial charge in [0.1, 0.15) is 6.61 Å². The first-order valence-electron chi connectivity index (χ1n) is 5.15. The van der Waals surface area contributed by atoms with Gasteiger partial charge >= 0.3 is 6.18 Å². The number of hydrogen-bond donors (Lipinski definition) is 1. The summed E-state index contributed by atoms with van der Waals surface area (Å²) in [6.07, 6.45) is -4.09. The lowest BCUT2D eigenvalue weighted by Gasteiger charge is -2.15. The lowest BCUT2D eigenvalue weighted by Crippen LogP contribution is -2.20. The molecule has 1 aromatic carbocycles. The van der Waals surface area contributed by atoms with Crippen LogP contribution in [0.3, 0.4) is 0 Å². The van der Waals surface area contributed by atoms with Gasteiger partial charge in [0.05, 0.1) is 10.0 Å². The maximum atomic E-state index is 11.8. The van der Waals surface area contributed by atoms with Gasteiger partial charge in [-0.25, -0.2) is 0 Å². The monoisotopic (exact) mass is 301 g/mol. The Morgan fingerprint density at radius 2 is 1.94 bits per heavy atom. The second-order valence-electron chi connectivity index (χ2n) is 3.71. The van der Waals surface area contributed by atoms with Crippen LogP contribution in [0, 0.1) is 0 Å². The third kappa shape index (κ3) is 5.02. The first kappa shape index (κ1) is 15.6. The molecule has 0 fully saturated rings. The predicted octanol–water partition coefficient (Wildman–Crippen LogP) is 3.96. The fourth-order valence-electron chi connectivity index (χ4n) is 1.36. The lowest BCUT2D eigenvalue weighted by molar-refractivity contribution is -0.174. The van der Waals surface area contributed by atoms with Gasteiger partial charge in [0.25, 0.3) is 0 Å². The number of rotatable bonds is 5. The van der Waals surface area contributed by atoms with Gasteiger partial charge in [0.2, 0.25) is 0 Å². The minimum atomic E-state index is -4.32. The minimum Gasteiger partial charge on any atom is -0.372 e. The summed E-state index contributed by atoms with van der Waals surface area (Å²) >= 11 is 11.8. The van der Waals surface area contributed by atoms with Crippen molar-refractivity contribution in [1.29, 1.82) is 0 Å². The Balaban J connectivity index is 2.46. The summed E-state index contributed by atoms with van der Waals surface area (Å²) in [7, 11) is 0. The van der Waals surface area contributed by atoms with Crippen molar-refractivity contribution in [2.45, 2.75) is 18.6 Å². The Labute approximate surface area is 113 Å². The smallest absolute Gasteiger partial charge is 0.372 e. The van der Waals surface area contributed by atoms with Crippen molar-refractivity contribution in [2.75, 3.05) is 13.2 Å². The standard InChI is InChI=1S/C11H12Cl2F3NO/c12-8-3-1-2-7(10(8)13)9(17)4-5-18-6-11(14,15)16/h1-3,9H,4-6,17H2. The van der Waals surface area contributed by atoms with E-state index in [9.17, 15) is 13.2 Å². The Morgan fingerprint density at radius 1 is 1.28 bits per heavy atom. The number of halogens is 5. The molecule has 1 atom stereocenters. The van der Waals surface area contributed by atoms with E-state index >= 15 is 0 Å². The average Bonchev–Trinajstić information content (AvgIpc) is 2.26. The molecule has 0 saturated heterocycles. The Kier molecular flexibility index (Phi) is 5.72. The second kappa shape index (κ2) is 6.61. The summed E-state index contributed by atoms with van der Waals surface area (Å²) in [6.45, 7) is -1.37. The summed E-state index contributed by atoms with van der Waals surface area (Å²) in [5, 5.41) is 0.684. The SMILES string of the molecule is NC(CCOCC(F)(F)F)c1cccc(Cl)c1Cl. The molecule has 0 bridgehead atoms. The van der Waals surface area contributed by atoms with Crippen LogP contribution >= 0.6 is 23.2 Å². The highest BCUT2D eigenvalue weighted by molar-refractivity contribution is 6.42. The molecule has 0 saturated carbocycles. The van der Waals surface area contributed by atoms with Crippen LogP contribution in [0.1, 0.15) is 18.0 Å². The number of alkyl halides is 3. The van der Waals surface area contributed by atoms with Gasteiger partial charge in [0.15, 0.2) is 0 Å². The maximum absolute atomic E-state index is 11.8. The first-order valence-corrected chi connectivity index (χ1v) is 5.91. The van der Waals surface area contributed by atoms with Crippen molar-refractivity contribution in [3.05, 3.63) is 33.8 Å². The third-order valence-electron chi connectivity index (χ3n) is 2.22. The van der Waals surface area contributed by atoms with E-state index in [1.165, 1.54) is 0 Å². The molecule has 0 heterocycles. The van der Waals surface area contributed by atoms with Gasteiger partial charge in [-0.2, -0.15) is 13.2 Å². The Hall–Kier alpha value is -0.490. The molecule has 0 aliphatic rings. The van der Waals surface area contributed by atoms with Gasteiger partial charge in [-0.05, 0) is 18.1 Å². The summed E-state index contributed by atoms with van der Waals surface area (Å²) in [5.41, 5.74) is 6.41. The molecule has 0 aliphatic heterocycles. The molecule has 0 aliphatic carbocycles. The van der Waals surface area contributed by atoms with Crippen molar-refractivity contribution in [3.8, 4) is 0 Å². The van der Waals surface area contributed by atoms with Crippen LogP contribution in [0.5, 0.6) is 0 Å². The fraction of sp³-hybridized carbons (Fsp3) is 0.455. The number of nitrogens with two attached hydrogens (primary N) is 1. The molecule has 18 heavy (non-hydrogen) atoms. The van der Waals surface area contributed by atoms with Crippen LogP contribution in [-0.4, -0.2) is 19.4 Å². The van der Waals surface area contributed by atoms with Crippen LogP contribution in [0.4, 0.5) is 13.2 Å². The zero-order valence-electron chi connectivity index (χ0n) is 9.31. The highest BCUT2D eigenvalue weighted by Crippen LogP contribution is 2.30. The van der Waals surface area contributed by atoms with E-state index in [0.29, 0.717) is 15.6 Å². The highest BCUT2D eigenvalue weighted by Gasteiger charge is 2.27. The van der Waals surface area contributed by atoms with Gasteiger partial charge < -0.3 is 10.5 Å². The van der Waals surface area contributed by atoms with E-state index in [4.69, 9.17) is 28.9 Å². The highest BCUT2D eigenvalue weighted by atomic mass is 35.5. The summed E-state index contributed by atoms with van der Waals surface area (Å²) in [5.74, 6) is 0. The van der Waals surface area contributed by atoms with E-state index in [-0.39, 0.29) is 13.0 Å². The molecule has 1 aromatic rings. The molecule has 2 nitrogen and oxygen atoms in total. The first-order chi connectivity index (χ1) is 8.31. The van der Waals surface area contributed by atoms with E-state index in [1.807, 2.05) is 0 Å². The van der Waals surface area contributed by atoms with Crippen molar-refractivity contribution >= 4 is 23.2 Å². The molecule has 2 N–H and O–H groups in total. The van der Waals surface area contributed by atoms with Crippen LogP contribution < -0.4 is 5.73 Å². The van der Waals surface area contributed by atoms with Gasteiger partial charge in [0, 0.05) is 12.6 Å². The third-order valence-corrected chi connectivity index (χ3v) is 3.05. The average molecular weight is 302 g/mol. The maximum Gasteiger partial charge on any atom is 0.411 e. The van der Waals surface area contributed by atoms with Crippen molar-refractivity contribution in [1.82, 2.24) is 0 Å². The molecular weight excluding hydrogens is 290 g/mol. The predicted molar refractivity (Wildman–Crippen MR) is 64.9 cm³/mol. The zero-order valence-corrected chi connectivity index (χ0v) is 10.8. The molecule has 7 heteroatoms. The van der Waals surface area contributed by atoms with E-state index in [0.717, 1.165) is 0 Å². The molecule has 0 aromatic heterocycles. The normalized spacial score (nSPS) is 13.7. The molecule has 0 amide bonds. The van der Waals surface area contributed by atoms with Crippen molar-refractivity contribution < 1.29 is 17.9 Å². The summed E-state index contributed by atoms with van der Waals surface area (Å²) < 4.78 is 40.0. The van der Waals surface area contributed by atoms with Gasteiger partial charge in [-0.1, -0.05) is 35.3 Å². The Bertz CT molecular complexity index is 398. The second-order valence-corrected chi connectivity index (χ2v) is 4.49. The Morgan fingerprint density at radius 3 is 2.56 bits per heavy atom. The quantitative estimate of drug-likeness (QED) is 0.836. The minimum absolute atomic E-state index is 0.0937. The van der Waals surface area contributed by atoms with E-state index < -0.39 is 18.8 Å². The van der Waals surface area contributed by atoms with Crippen molar-refractivity contribution in [2.24, 2.45) is 5.73 Å². The molecule has 102 valence electrons. The number of benzene rings is 1. The number of ether oxygens (including phenoxy) is 1. The van der Waals surface area contributed by atoms with E-state index in [1.54, 1.807) is 18.2 Å². The van der Waals surface area contributed by atoms with E-state index in [2.05, 4.69) is 4.74 Å². The largest absolute Gasteiger partial charge is 0.411 e. The van der Waals surface area contributed by atoms with Crippen LogP contribution in [0.25, 0.3) is 0 Å². The molecule has 1 rings (SSSR count). The molecule has 0 radical (unpaired) electrons. The van der Waals surface area contributed by atoms with Gasteiger partial charge in [-0.3, -0.25) is 0 Å². The number of hydrogen-bond acceptors (Lipinski definition) is 2. The molecular formula is C11H12Cl2F3NO. The zero-order chi connectivity index (χ0) is 13.8. The van der Waals surface area contributed by atoms with Crippen LogP contribution in [0.2, 0.25) is 10.0 Å². The summed E-state index contributed by atoms with van der Waals surface area (Å²) in [4.78, 5) is 0. The van der Waals surface area contributed by atoms with Crippen LogP contribution in [-0.2, 0) is 4.74 Å². The fourth-order valence-corrected chi connectivity index (χ4v) is 1.81. The van der Waals surface area contributed by atoms with Crippen LogP contribution in [0.15, 0.2) is 18.2 Å². The summed E-state index contributed by atoms with van der Waals surface area (Å²) in [6, 6.07) is 4.47. The lowest BCUT2D eigenvalue weighted by atomic mass is 10.1. The van der Waals surface area contributed by atoms with Crippen molar-refractivity contribution in [3.63, 3.8) is 0 Å². The molecule has 1 unspecified atom stereocenters.